The van der Waals surface area contributed by atoms with Crippen molar-refractivity contribution < 1.29 is 14.3 Å². The quantitative estimate of drug-likeness (QED) is 0.822. The molecule has 1 amide bonds. The first-order chi connectivity index (χ1) is 12.2. The Bertz CT molecular complexity index is 557. The number of carbonyl (C=O) groups is 1. The molecule has 2 aliphatic rings. The van der Waals surface area contributed by atoms with Gasteiger partial charge in [0, 0.05) is 38.6 Å². The fraction of sp³-hybridized carbons (Fsp3) is 0.650. The molecule has 5 heteroatoms. The second-order valence-corrected chi connectivity index (χ2v) is 7.49. The zero-order valence-corrected chi connectivity index (χ0v) is 14.9. The van der Waals surface area contributed by atoms with E-state index in [-0.39, 0.29) is 24.2 Å². The molecule has 0 unspecified atom stereocenters. The number of rotatable bonds is 7. The van der Waals surface area contributed by atoms with Crippen LogP contribution in [-0.4, -0.2) is 60.1 Å². The summed E-state index contributed by atoms with van der Waals surface area (Å²) in [6.07, 6.45) is 4.62. The van der Waals surface area contributed by atoms with E-state index in [1.807, 2.05) is 4.90 Å². The largest absolute Gasteiger partial charge is 0.396 e. The Morgan fingerprint density at radius 1 is 1.12 bits per heavy atom. The highest BCUT2D eigenvalue weighted by atomic mass is 19.1. The summed E-state index contributed by atoms with van der Waals surface area (Å²) in [6, 6.07) is 6.49. The van der Waals surface area contributed by atoms with Crippen molar-refractivity contribution in [3.8, 4) is 0 Å². The van der Waals surface area contributed by atoms with E-state index in [0.29, 0.717) is 18.9 Å². The van der Waals surface area contributed by atoms with Crippen LogP contribution >= 0.6 is 0 Å². The number of aliphatic hydroxyl groups is 1. The summed E-state index contributed by atoms with van der Waals surface area (Å²) in [7, 11) is 0. The lowest BCUT2D eigenvalue weighted by atomic mass is 9.96. The van der Waals surface area contributed by atoms with Gasteiger partial charge in [-0.2, -0.15) is 0 Å². The summed E-state index contributed by atoms with van der Waals surface area (Å²) in [6.45, 7) is 4.93. The van der Waals surface area contributed by atoms with Gasteiger partial charge in [0.05, 0.1) is 0 Å². The Morgan fingerprint density at radius 3 is 2.48 bits per heavy atom. The predicted octanol–water partition coefficient (Wildman–Crippen LogP) is 2.31. The molecule has 0 saturated carbocycles. The van der Waals surface area contributed by atoms with Gasteiger partial charge in [0.25, 0.3) is 0 Å². The molecule has 1 aromatic rings. The minimum Gasteiger partial charge on any atom is -0.396 e. The van der Waals surface area contributed by atoms with Crippen LogP contribution in [-0.2, 0) is 11.2 Å². The lowest BCUT2D eigenvalue weighted by molar-refractivity contribution is -0.130. The second kappa shape index (κ2) is 8.77. The van der Waals surface area contributed by atoms with Gasteiger partial charge < -0.3 is 14.9 Å². The Kier molecular flexibility index (Phi) is 6.43. The summed E-state index contributed by atoms with van der Waals surface area (Å²) in [5.74, 6) is 0.561. The summed E-state index contributed by atoms with van der Waals surface area (Å²) in [5.41, 5.74) is 1.07. The molecule has 2 heterocycles. The predicted molar refractivity (Wildman–Crippen MR) is 95.7 cm³/mol. The molecule has 0 aliphatic carbocycles. The zero-order valence-electron chi connectivity index (χ0n) is 14.9. The molecule has 1 N–H and O–H groups in total. The van der Waals surface area contributed by atoms with E-state index < -0.39 is 0 Å². The fourth-order valence-corrected chi connectivity index (χ4v) is 4.11. The lowest BCUT2D eigenvalue weighted by Gasteiger charge is -2.22. The molecule has 138 valence electrons. The van der Waals surface area contributed by atoms with Crippen molar-refractivity contribution in [2.75, 3.05) is 39.3 Å². The van der Waals surface area contributed by atoms with Gasteiger partial charge in [-0.25, -0.2) is 4.39 Å². The second-order valence-electron chi connectivity index (χ2n) is 7.49. The summed E-state index contributed by atoms with van der Waals surface area (Å²) in [5, 5.41) is 9.67. The van der Waals surface area contributed by atoms with Gasteiger partial charge in [0.15, 0.2) is 0 Å². The van der Waals surface area contributed by atoms with Gasteiger partial charge in [-0.05, 0) is 62.4 Å². The normalized spacial score (nSPS) is 24.2. The number of carbonyl (C=O) groups excluding carboxylic acids is 1. The number of aliphatic hydroxyl groups excluding tert-OH is 1. The topological polar surface area (TPSA) is 43.8 Å². The smallest absolute Gasteiger partial charge is 0.222 e. The third kappa shape index (κ3) is 5.02. The number of hydrogen-bond acceptors (Lipinski definition) is 3. The van der Waals surface area contributed by atoms with Gasteiger partial charge in [0.2, 0.25) is 5.91 Å². The minimum absolute atomic E-state index is 0.165. The summed E-state index contributed by atoms with van der Waals surface area (Å²) >= 11 is 0. The molecule has 2 atom stereocenters. The van der Waals surface area contributed by atoms with Crippen molar-refractivity contribution in [1.29, 1.82) is 0 Å². The molecule has 0 bridgehead atoms. The first-order valence-electron chi connectivity index (χ1n) is 9.51. The Hall–Kier alpha value is -1.46. The van der Waals surface area contributed by atoms with Crippen LogP contribution in [0, 0.1) is 17.7 Å². The first-order valence-corrected chi connectivity index (χ1v) is 9.51. The van der Waals surface area contributed by atoms with Crippen molar-refractivity contribution >= 4 is 5.91 Å². The van der Waals surface area contributed by atoms with Crippen LogP contribution in [0.3, 0.4) is 0 Å². The fourth-order valence-electron chi connectivity index (χ4n) is 4.11. The van der Waals surface area contributed by atoms with Crippen LogP contribution in [0.25, 0.3) is 0 Å². The molecule has 1 aromatic carbocycles. The van der Waals surface area contributed by atoms with E-state index in [0.717, 1.165) is 44.6 Å². The van der Waals surface area contributed by atoms with Crippen LogP contribution < -0.4 is 0 Å². The third-order valence-electron chi connectivity index (χ3n) is 5.62. The minimum atomic E-state index is -0.226. The third-order valence-corrected chi connectivity index (χ3v) is 5.62. The highest BCUT2D eigenvalue weighted by molar-refractivity contribution is 5.76. The van der Waals surface area contributed by atoms with Crippen molar-refractivity contribution in [1.82, 2.24) is 9.80 Å². The van der Waals surface area contributed by atoms with E-state index >= 15 is 0 Å². The van der Waals surface area contributed by atoms with E-state index in [1.54, 1.807) is 12.1 Å². The van der Waals surface area contributed by atoms with E-state index in [9.17, 15) is 14.3 Å². The molecular weight excluding hydrogens is 319 g/mol. The van der Waals surface area contributed by atoms with E-state index in [1.165, 1.54) is 25.0 Å². The van der Waals surface area contributed by atoms with Crippen LogP contribution in [0.1, 0.15) is 31.2 Å². The van der Waals surface area contributed by atoms with Crippen molar-refractivity contribution in [3.63, 3.8) is 0 Å². The lowest BCUT2D eigenvalue weighted by Crippen LogP contribution is -2.32. The van der Waals surface area contributed by atoms with E-state index in [2.05, 4.69) is 4.90 Å². The molecule has 2 fully saturated rings. The Labute approximate surface area is 149 Å². The summed E-state index contributed by atoms with van der Waals surface area (Å²) < 4.78 is 12.9. The van der Waals surface area contributed by atoms with Crippen LogP contribution in [0.5, 0.6) is 0 Å². The highest BCUT2D eigenvalue weighted by Crippen LogP contribution is 2.26. The number of hydrogen-bond donors (Lipinski definition) is 1. The number of likely N-dealkylation sites (tertiary alicyclic amines) is 2. The van der Waals surface area contributed by atoms with Gasteiger partial charge in [0.1, 0.15) is 5.82 Å². The number of amides is 1. The molecule has 0 aromatic heterocycles. The standard InChI is InChI=1S/C20H29FN2O2/c21-19-8-6-16(7-9-19)4-3-5-20(25)23-13-17(18(14-23)15-24)12-22-10-1-2-11-22/h6-9,17-18,24H,1-5,10-15H2/t17-,18-/m0/s1. The van der Waals surface area contributed by atoms with Crippen molar-refractivity contribution in [3.05, 3.63) is 35.6 Å². The Balaban J connectivity index is 1.44. The van der Waals surface area contributed by atoms with Gasteiger partial charge in [-0.3, -0.25) is 4.79 Å². The van der Waals surface area contributed by atoms with Gasteiger partial charge in [-0.15, -0.1) is 0 Å². The summed E-state index contributed by atoms with van der Waals surface area (Å²) in [4.78, 5) is 16.9. The van der Waals surface area contributed by atoms with Crippen molar-refractivity contribution in [2.45, 2.75) is 32.1 Å². The number of benzene rings is 1. The van der Waals surface area contributed by atoms with Crippen LogP contribution in [0.4, 0.5) is 4.39 Å². The molecule has 0 spiro atoms. The SMILES string of the molecule is O=C(CCCc1ccc(F)cc1)N1C[C@@H](CO)[C@@H](CN2CCCC2)C1. The van der Waals surface area contributed by atoms with Gasteiger partial charge >= 0.3 is 0 Å². The number of aryl methyl sites for hydroxylation is 1. The number of halogens is 1. The zero-order chi connectivity index (χ0) is 17.6. The maximum absolute atomic E-state index is 12.9. The van der Waals surface area contributed by atoms with Gasteiger partial charge in [-0.1, -0.05) is 12.1 Å². The Morgan fingerprint density at radius 2 is 1.80 bits per heavy atom. The molecule has 25 heavy (non-hydrogen) atoms. The van der Waals surface area contributed by atoms with E-state index in [4.69, 9.17) is 0 Å². The average Bonchev–Trinajstić information content (AvgIpc) is 3.26. The molecule has 4 nitrogen and oxygen atoms in total. The monoisotopic (exact) mass is 348 g/mol. The maximum atomic E-state index is 12.9. The average molecular weight is 348 g/mol. The van der Waals surface area contributed by atoms with Crippen LogP contribution in [0.2, 0.25) is 0 Å². The molecule has 2 aliphatic heterocycles. The molecule has 2 saturated heterocycles. The van der Waals surface area contributed by atoms with Crippen LogP contribution in [0.15, 0.2) is 24.3 Å². The molecule has 0 radical (unpaired) electrons. The molecular formula is C20H29FN2O2. The highest BCUT2D eigenvalue weighted by Gasteiger charge is 2.35. The van der Waals surface area contributed by atoms with Crippen molar-refractivity contribution in [2.24, 2.45) is 11.8 Å². The maximum Gasteiger partial charge on any atom is 0.222 e. The molecule has 3 rings (SSSR count). The number of nitrogens with zero attached hydrogens (tertiary/aromatic N) is 2. The first kappa shape index (κ1) is 18.3.